The fourth-order valence-electron chi connectivity index (χ4n) is 1.82. The van der Waals surface area contributed by atoms with Crippen LogP contribution in [0.1, 0.15) is 42.6 Å². The Hall–Kier alpha value is -2.04. The quantitative estimate of drug-likeness (QED) is 0.765. The van der Waals surface area contributed by atoms with E-state index in [0.717, 1.165) is 18.4 Å². The molecular formula is C14H20N2O3. The van der Waals surface area contributed by atoms with Crippen molar-refractivity contribution in [3.8, 4) is 0 Å². The van der Waals surface area contributed by atoms with E-state index in [-0.39, 0.29) is 17.6 Å². The van der Waals surface area contributed by atoms with E-state index < -0.39 is 5.97 Å². The molecule has 0 aliphatic rings. The number of carbonyl (C=O) groups excluding carboxylic acids is 1. The van der Waals surface area contributed by atoms with Crippen LogP contribution in [-0.4, -0.2) is 23.1 Å². The number of aromatic carboxylic acids is 1. The second kappa shape index (κ2) is 6.78. The van der Waals surface area contributed by atoms with E-state index >= 15 is 0 Å². The van der Waals surface area contributed by atoms with Crippen molar-refractivity contribution in [3.63, 3.8) is 0 Å². The van der Waals surface area contributed by atoms with E-state index in [9.17, 15) is 9.59 Å². The number of carbonyl (C=O) groups is 2. The van der Waals surface area contributed by atoms with Gasteiger partial charge in [0.25, 0.3) is 0 Å². The number of nitrogens with one attached hydrogen (secondary N) is 2. The predicted molar refractivity (Wildman–Crippen MR) is 74.7 cm³/mol. The van der Waals surface area contributed by atoms with E-state index in [1.54, 1.807) is 13.0 Å². The van der Waals surface area contributed by atoms with Crippen LogP contribution in [0.3, 0.4) is 0 Å². The zero-order chi connectivity index (χ0) is 14.4. The van der Waals surface area contributed by atoms with Crippen molar-refractivity contribution in [3.05, 3.63) is 29.3 Å². The Kier molecular flexibility index (Phi) is 5.36. The van der Waals surface area contributed by atoms with Crippen molar-refractivity contribution >= 4 is 17.7 Å². The lowest BCUT2D eigenvalue weighted by molar-refractivity contribution is 0.0697. The zero-order valence-corrected chi connectivity index (χ0v) is 11.5. The summed E-state index contributed by atoms with van der Waals surface area (Å²) in [5, 5.41) is 14.4. The lowest BCUT2D eigenvalue weighted by Gasteiger charge is -2.15. The second-order valence-corrected chi connectivity index (χ2v) is 4.62. The molecule has 0 bridgehead atoms. The molecule has 1 aromatic carbocycles. The molecule has 0 aromatic heterocycles. The molecule has 2 amide bonds. The average molecular weight is 264 g/mol. The number of amides is 2. The smallest absolute Gasteiger partial charge is 0.335 e. The third-order valence-electron chi connectivity index (χ3n) is 2.82. The number of rotatable bonds is 5. The summed E-state index contributed by atoms with van der Waals surface area (Å²) in [6.45, 7) is 5.77. The standard InChI is InChI=1S/C14H20N2O3/c1-4-5-10(3)15-14(19)16-12-7-6-11(13(17)18)8-9(12)2/h6-8,10H,4-5H2,1-3H3,(H,17,18)(H2,15,16,19). The molecule has 0 radical (unpaired) electrons. The number of benzene rings is 1. The van der Waals surface area contributed by atoms with Gasteiger partial charge in [-0.05, 0) is 44.0 Å². The SMILES string of the molecule is CCCC(C)NC(=O)Nc1ccc(C(=O)O)cc1C. The molecule has 1 aromatic rings. The summed E-state index contributed by atoms with van der Waals surface area (Å²) in [5.74, 6) is -0.976. The number of hydrogen-bond acceptors (Lipinski definition) is 2. The molecule has 3 N–H and O–H groups in total. The van der Waals surface area contributed by atoms with Gasteiger partial charge in [0, 0.05) is 11.7 Å². The summed E-state index contributed by atoms with van der Waals surface area (Å²) in [4.78, 5) is 22.5. The van der Waals surface area contributed by atoms with Gasteiger partial charge in [0.05, 0.1) is 5.56 Å². The van der Waals surface area contributed by atoms with Gasteiger partial charge in [-0.15, -0.1) is 0 Å². The lowest BCUT2D eigenvalue weighted by atomic mass is 10.1. The van der Waals surface area contributed by atoms with Gasteiger partial charge in [0.2, 0.25) is 0 Å². The van der Waals surface area contributed by atoms with Gasteiger partial charge in [-0.3, -0.25) is 0 Å². The van der Waals surface area contributed by atoms with Crippen LogP contribution in [-0.2, 0) is 0 Å². The third-order valence-corrected chi connectivity index (χ3v) is 2.82. The van der Waals surface area contributed by atoms with Gasteiger partial charge in [0.1, 0.15) is 0 Å². The number of anilines is 1. The van der Waals surface area contributed by atoms with Gasteiger partial charge in [0.15, 0.2) is 0 Å². The minimum Gasteiger partial charge on any atom is -0.478 e. The van der Waals surface area contributed by atoms with E-state index in [0.29, 0.717) is 5.69 Å². The Bertz CT molecular complexity index is 472. The molecule has 5 nitrogen and oxygen atoms in total. The van der Waals surface area contributed by atoms with Crippen molar-refractivity contribution in [2.75, 3.05) is 5.32 Å². The summed E-state index contributed by atoms with van der Waals surface area (Å²) in [6.07, 6.45) is 1.93. The summed E-state index contributed by atoms with van der Waals surface area (Å²) < 4.78 is 0. The third kappa shape index (κ3) is 4.62. The highest BCUT2D eigenvalue weighted by Gasteiger charge is 2.09. The molecule has 19 heavy (non-hydrogen) atoms. The van der Waals surface area contributed by atoms with Gasteiger partial charge in [-0.1, -0.05) is 13.3 Å². The number of carboxylic acid groups (broad SMARTS) is 1. The summed E-state index contributed by atoms with van der Waals surface area (Å²) in [7, 11) is 0. The Morgan fingerprint density at radius 2 is 2.05 bits per heavy atom. The largest absolute Gasteiger partial charge is 0.478 e. The Balaban J connectivity index is 2.67. The Morgan fingerprint density at radius 3 is 2.58 bits per heavy atom. The number of carboxylic acids is 1. The molecule has 0 saturated heterocycles. The van der Waals surface area contributed by atoms with Crippen LogP contribution >= 0.6 is 0 Å². The molecule has 5 heteroatoms. The van der Waals surface area contributed by atoms with E-state index in [1.807, 2.05) is 6.92 Å². The van der Waals surface area contributed by atoms with Gasteiger partial charge in [-0.2, -0.15) is 0 Å². The van der Waals surface area contributed by atoms with Gasteiger partial charge in [-0.25, -0.2) is 9.59 Å². The first kappa shape index (κ1) is 15.0. The molecule has 0 aliphatic heterocycles. The molecule has 0 heterocycles. The maximum Gasteiger partial charge on any atom is 0.335 e. The van der Waals surface area contributed by atoms with Crippen molar-refractivity contribution in [1.82, 2.24) is 5.32 Å². The summed E-state index contributed by atoms with van der Waals surface area (Å²) in [6, 6.07) is 4.45. The van der Waals surface area contributed by atoms with Crippen LogP contribution in [0.25, 0.3) is 0 Å². The fourth-order valence-corrected chi connectivity index (χ4v) is 1.82. The molecule has 1 unspecified atom stereocenters. The van der Waals surface area contributed by atoms with E-state index in [2.05, 4.69) is 17.6 Å². The maximum absolute atomic E-state index is 11.7. The minimum atomic E-state index is -0.976. The predicted octanol–water partition coefficient (Wildman–Crippen LogP) is 3.00. The van der Waals surface area contributed by atoms with Crippen LogP contribution in [0.4, 0.5) is 10.5 Å². The van der Waals surface area contributed by atoms with Gasteiger partial charge < -0.3 is 15.7 Å². The van der Waals surface area contributed by atoms with E-state index in [1.165, 1.54) is 12.1 Å². The lowest BCUT2D eigenvalue weighted by Crippen LogP contribution is -2.36. The highest BCUT2D eigenvalue weighted by molar-refractivity contribution is 5.92. The normalized spacial score (nSPS) is 11.7. The zero-order valence-electron chi connectivity index (χ0n) is 11.5. The molecule has 0 aliphatic carbocycles. The number of hydrogen-bond donors (Lipinski definition) is 3. The molecule has 1 rings (SSSR count). The van der Waals surface area contributed by atoms with Crippen molar-refractivity contribution in [2.24, 2.45) is 0 Å². The van der Waals surface area contributed by atoms with Crippen molar-refractivity contribution < 1.29 is 14.7 Å². The van der Waals surface area contributed by atoms with E-state index in [4.69, 9.17) is 5.11 Å². The van der Waals surface area contributed by atoms with Crippen LogP contribution in [0, 0.1) is 6.92 Å². The summed E-state index contributed by atoms with van der Waals surface area (Å²) >= 11 is 0. The highest BCUT2D eigenvalue weighted by atomic mass is 16.4. The summed E-state index contributed by atoms with van der Waals surface area (Å²) in [5.41, 5.74) is 1.55. The van der Waals surface area contributed by atoms with Crippen LogP contribution in [0.2, 0.25) is 0 Å². The maximum atomic E-state index is 11.7. The minimum absolute atomic E-state index is 0.114. The first-order valence-corrected chi connectivity index (χ1v) is 6.35. The first-order valence-electron chi connectivity index (χ1n) is 6.35. The van der Waals surface area contributed by atoms with Crippen LogP contribution in [0.15, 0.2) is 18.2 Å². The Labute approximate surface area is 113 Å². The van der Waals surface area contributed by atoms with Crippen LogP contribution < -0.4 is 10.6 Å². The topological polar surface area (TPSA) is 78.4 Å². The molecule has 1 atom stereocenters. The average Bonchev–Trinajstić information content (AvgIpc) is 2.31. The molecular weight excluding hydrogens is 244 g/mol. The van der Waals surface area contributed by atoms with Gasteiger partial charge >= 0.3 is 12.0 Å². The number of aryl methyl sites for hydroxylation is 1. The molecule has 0 fully saturated rings. The molecule has 0 spiro atoms. The fraction of sp³-hybridized carbons (Fsp3) is 0.429. The number of urea groups is 1. The second-order valence-electron chi connectivity index (χ2n) is 4.62. The first-order chi connectivity index (χ1) is 8.93. The van der Waals surface area contributed by atoms with Crippen molar-refractivity contribution in [1.29, 1.82) is 0 Å². The molecule has 104 valence electrons. The van der Waals surface area contributed by atoms with Crippen molar-refractivity contribution in [2.45, 2.75) is 39.7 Å². The monoisotopic (exact) mass is 264 g/mol. The Morgan fingerprint density at radius 1 is 1.37 bits per heavy atom. The molecule has 0 saturated carbocycles. The highest BCUT2D eigenvalue weighted by Crippen LogP contribution is 2.16. The van der Waals surface area contributed by atoms with Crippen LogP contribution in [0.5, 0.6) is 0 Å².